The molecule has 0 saturated carbocycles. The number of halogens is 8. The van der Waals surface area contributed by atoms with Gasteiger partial charge in [0.1, 0.15) is 138 Å². The smallest absolute Gasteiger partial charge is 0.407 e. The number of carbonyl (C=O) groups excluding carboxylic acids is 3. The van der Waals surface area contributed by atoms with E-state index in [0.717, 1.165) is 107 Å². The number of ether oxygens (including phenoxy) is 7. The van der Waals surface area contributed by atoms with Crippen molar-refractivity contribution < 1.29 is 118 Å². The van der Waals surface area contributed by atoms with E-state index in [-0.39, 0.29) is 94.8 Å². The van der Waals surface area contributed by atoms with Crippen LogP contribution in [0.4, 0.5) is 44.7 Å². The summed E-state index contributed by atoms with van der Waals surface area (Å²) in [6.07, 6.45) is -3.82. The number of amides is 3. The molecular weight excluding hydrogens is 1690 g/mol. The predicted molar refractivity (Wildman–Crippen MR) is 468 cm³/mol. The fraction of sp³-hybridized carbons (Fsp3) is 0.469. The molecule has 704 valence electrons. The normalized spacial score (nSPS) is 20.4. The summed E-state index contributed by atoms with van der Waals surface area (Å²) in [5.74, 6) is -3.13. The van der Waals surface area contributed by atoms with Gasteiger partial charge in [-0.25, -0.2) is 44.7 Å². The lowest BCUT2D eigenvalue weighted by Crippen LogP contribution is -2.51. The van der Waals surface area contributed by atoms with Crippen molar-refractivity contribution in [2.24, 2.45) is 11.5 Å². The third kappa shape index (κ3) is 32.2. The van der Waals surface area contributed by atoms with E-state index in [1.165, 1.54) is 48.9 Å². The number of aryl methyl sites for hydroxylation is 4. The second-order valence-electron chi connectivity index (χ2n) is 34.6. The molecule has 8 aromatic rings. The monoisotopic (exact) mass is 1810 g/mol. The fourth-order valence-corrected chi connectivity index (χ4v) is 15.0. The maximum Gasteiger partial charge on any atom is 0.407 e. The molecule has 1 saturated heterocycles. The third-order valence-electron chi connectivity index (χ3n) is 21.7. The molecule has 3 amide bonds. The molecule has 129 heavy (non-hydrogen) atoms. The lowest BCUT2D eigenvalue weighted by Gasteiger charge is -2.33. The number of hydrogen-bond donors (Lipinski definition) is 15. The first-order valence-electron chi connectivity index (χ1n) is 43.2. The number of carbonyl (C=O) groups is 3. The number of hydrogen-bond acceptors (Lipinski definition) is 22. The van der Waals surface area contributed by atoms with Crippen molar-refractivity contribution >= 4 is 18.1 Å². The molecule has 0 spiro atoms. The Hall–Kier alpha value is -10.1. The van der Waals surface area contributed by atoms with Crippen molar-refractivity contribution in [2.45, 2.75) is 236 Å². The fourth-order valence-electron chi connectivity index (χ4n) is 15.0. The Morgan fingerprint density at radius 1 is 0.395 bits per heavy atom. The molecule has 0 aliphatic carbocycles. The summed E-state index contributed by atoms with van der Waals surface area (Å²) in [7, 11) is 0. The second kappa shape index (κ2) is 47.6. The average Bonchev–Trinajstić information content (AvgIpc) is 1.71. The van der Waals surface area contributed by atoms with Crippen LogP contribution in [0.2, 0.25) is 0 Å². The molecule has 0 radical (unpaired) electrons. The third-order valence-corrected chi connectivity index (χ3v) is 21.7. The Bertz CT molecular complexity index is 4930. The lowest BCUT2D eigenvalue weighted by atomic mass is 9.94. The second-order valence-corrected chi connectivity index (χ2v) is 34.6. The van der Waals surface area contributed by atoms with E-state index < -0.39 is 149 Å². The molecule has 1 unspecified atom stereocenters. The first kappa shape index (κ1) is 103. The van der Waals surface area contributed by atoms with Crippen molar-refractivity contribution in [1.82, 2.24) is 31.9 Å². The molecule has 33 heteroatoms. The molecule has 16 atom stereocenters. The van der Waals surface area contributed by atoms with Gasteiger partial charge in [0.15, 0.2) is 0 Å². The van der Waals surface area contributed by atoms with Crippen LogP contribution in [0.3, 0.4) is 0 Å². The standard InChI is InChI=1S/C26H34F2N2O5.C23H28F2N2O4.C21H26F2N2O3.C15H19F2NO3.C11H15NO2/c1-5-15-6-7-23-19(10-15)24(22(32)14-34-23)29-13-21(31)20(30-25(33)35-26(2,3)4)11-16-8-17(27)12-18(28)9-16;1-3-14-4-5-22-18(8-14)23(21(30)12-31-22)26-11-20(29)19(27-13(2)28)9-15-6-16(24)10-17(25)7-15;1-2-12-3-4-20-16(7-12)21(19(27)11-28-20)25-10-18(26)17(24)8-13-5-14(22)9-15(23)6-13;1-15(2,3)21-14(19)18-12(13-8-20-13)6-9-4-10(16)7-11(17)5-9;1-2-7-3-4-10-8(5-7)11(12)9(13)6-14-10/h6-10,12,20-22,24,29,31-32H,5,11,13-14H2,1-4H3,(H,30,33);4-8,10,19-21,23,26,29-30H,3,9,11-12H2,1-2H3,(H,27,28);3-7,9,17-19,21,25-27H,2,8,10-11,24H2,1H3;4-5,7,12-13H,6,8H2,1-3H3,(H,18,19);3-5,9,11,13H,2,6,12H2,1H3/t20-,21+,22+,24-;19-,20+,21+,23-;17-,18+,19+,21-;12?,13-;9-,11+/m00011/s1. The van der Waals surface area contributed by atoms with E-state index in [1.54, 1.807) is 41.5 Å². The van der Waals surface area contributed by atoms with Crippen molar-refractivity contribution in [3.05, 3.63) is 259 Å². The van der Waals surface area contributed by atoms with Crippen LogP contribution in [0.15, 0.2) is 146 Å². The number of aliphatic hydroxyl groups is 7. The highest BCUT2D eigenvalue weighted by molar-refractivity contribution is 5.73. The van der Waals surface area contributed by atoms with Crippen LogP contribution in [-0.2, 0) is 70.4 Å². The van der Waals surface area contributed by atoms with Crippen molar-refractivity contribution in [2.75, 3.05) is 52.7 Å². The molecule has 0 bridgehead atoms. The van der Waals surface area contributed by atoms with Gasteiger partial charge in [-0.1, -0.05) is 76.2 Å². The van der Waals surface area contributed by atoms with Crippen LogP contribution in [0.25, 0.3) is 0 Å². The molecular formula is C96H122F8N8O17. The zero-order chi connectivity index (χ0) is 94.3. The van der Waals surface area contributed by atoms with Gasteiger partial charge in [-0.05, 0) is 210 Å². The maximum absolute atomic E-state index is 13.7. The number of aliphatic hydroxyl groups excluding tert-OH is 7. The first-order chi connectivity index (χ1) is 61.0. The summed E-state index contributed by atoms with van der Waals surface area (Å²) in [5, 5.41) is 90.5. The number of fused-ring (bicyclic) bond motifs is 4. The molecule has 25 nitrogen and oxygen atoms in total. The molecule has 1 fully saturated rings. The van der Waals surface area contributed by atoms with Gasteiger partial charge >= 0.3 is 12.2 Å². The van der Waals surface area contributed by atoms with Gasteiger partial charge < -0.3 is 112 Å². The maximum atomic E-state index is 13.7. The highest BCUT2D eigenvalue weighted by Crippen LogP contribution is 2.38. The van der Waals surface area contributed by atoms with Gasteiger partial charge in [-0.3, -0.25) is 4.79 Å². The summed E-state index contributed by atoms with van der Waals surface area (Å²) >= 11 is 0. The minimum atomic E-state index is -1.17. The zero-order valence-corrected chi connectivity index (χ0v) is 74.3. The van der Waals surface area contributed by atoms with E-state index in [2.05, 4.69) is 38.8 Å². The largest absolute Gasteiger partial charge is 0.490 e. The minimum Gasteiger partial charge on any atom is -0.490 e. The highest BCUT2D eigenvalue weighted by atomic mass is 19.2. The zero-order valence-electron chi connectivity index (χ0n) is 74.3. The Labute approximate surface area is 746 Å². The van der Waals surface area contributed by atoms with Gasteiger partial charge in [-0.2, -0.15) is 0 Å². The van der Waals surface area contributed by atoms with E-state index in [0.29, 0.717) is 47.2 Å². The summed E-state index contributed by atoms with van der Waals surface area (Å²) in [5.41, 5.74) is 19.8. The van der Waals surface area contributed by atoms with E-state index in [1.807, 2.05) is 93.6 Å². The number of benzene rings is 8. The topological polar surface area (TPSA) is 385 Å². The Balaban J connectivity index is 0.000000187. The van der Waals surface area contributed by atoms with E-state index >= 15 is 0 Å². The molecule has 5 heterocycles. The van der Waals surface area contributed by atoms with Crippen LogP contribution >= 0.6 is 0 Å². The van der Waals surface area contributed by atoms with Crippen molar-refractivity contribution in [3.63, 3.8) is 0 Å². The van der Waals surface area contributed by atoms with Gasteiger partial charge in [-0.15, -0.1) is 0 Å². The summed E-state index contributed by atoms with van der Waals surface area (Å²) in [4.78, 5) is 35.8. The number of epoxide rings is 1. The Kier molecular flexibility index (Phi) is 37.9. The summed E-state index contributed by atoms with van der Waals surface area (Å²) in [6.45, 7) is 21.2. The quantitative estimate of drug-likeness (QED) is 0.0160. The minimum absolute atomic E-state index is 0.0181. The van der Waals surface area contributed by atoms with Gasteiger partial charge in [0.2, 0.25) is 5.91 Å². The van der Waals surface area contributed by atoms with Crippen molar-refractivity contribution in [1.29, 1.82) is 0 Å². The molecule has 0 aromatic heterocycles. The van der Waals surface area contributed by atoms with Crippen molar-refractivity contribution in [3.8, 4) is 23.0 Å². The van der Waals surface area contributed by atoms with Crippen LogP contribution in [0.1, 0.15) is 167 Å². The predicted octanol–water partition coefficient (Wildman–Crippen LogP) is 11.1. The van der Waals surface area contributed by atoms with Crippen LogP contribution < -0.4 is 62.3 Å². The molecule has 8 aromatic carbocycles. The Morgan fingerprint density at radius 2 is 0.682 bits per heavy atom. The summed E-state index contributed by atoms with van der Waals surface area (Å²) < 4.78 is 145. The summed E-state index contributed by atoms with van der Waals surface area (Å²) in [6, 6.07) is 31.6. The molecule has 17 N–H and O–H groups in total. The first-order valence-corrected chi connectivity index (χ1v) is 43.2. The highest BCUT2D eigenvalue weighted by Gasteiger charge is 2.38. The average molecular weight is 1810 g/mol. The van der Waals surface area contributed by atoms with E-state index in [4.69, 9.17) is 44.6 Å². The number of rotatable bonds is 28. The molecule has 5 aliphatic rings. The van der Waals surface area contributed by atoms with E-state index in [9.17, 15) is 85.3 Å². The molecule has 13 rings (SSSR count). The Morgan fingerprint density at radius 3 is 1.00 bits per heavy atom. The number of nitrogens with one attached hydrogen (secondary N) is 6. The van der Waals surface area contributed by atoms with Crippen LogP contribution in [0, 0.1) is 46.5 Å². The number of alkyl carbamates (subject to hydrolysis) is 2. The SMILES string of the molecule is CC(C)(C)OC(=O)NC(Cc1cc(F)cc(F)c1)[C@H]1CO1.CCc1ccc2c(c1)[C@H](N)[C@H](O)CO2.CCc1ccc2c(c1)[C@H](NC[C@@H](O)[C@@H](N)Cc1cc(F)cc(F)c1)[C@H](O)CO2.CCc1ccc2c(c1)[C@H](NC[C@@H](O)[C@H](Cc1cc(F)cc(F)c1)NC(=O)OC(C)(C)C)[C@H](O)CO2.CCc1ccc2c(c1)[C@H](NC[C@@H](O)[C@H](Cc1cc(F)cc(F)c1)NC(C)=O)[C@H](O)CO2. The lowest BCUT2D eigenvalue weighted by molar-refractivity contribution is -0.120. The van der Waals surface area contributed by atoms with Crippen LogP contribution in [0.5, 0.6) is 23.0 Å². The van der Waals surface area contributed by atoms with Crippen LogP contribution in [-0.4, -0.2) is 191 Å². The molecule has 5 aliphatic heterocycles. The van der Waals surface area contributed by atoms with Gasteiger partial charge in [0, 0.05) is 79.1 Å². The van der Waals surface area contributed by atoms with Gasteiger partial charge in [0.25, 0.3) is 0 Å². The van der Waals surface area contributed by atoms with Gasteiger partial charge in [0.05, 0.1) is 67.2 Å². The number of nitrogens with two attached hydrogens (primary N) is 2.